The van der Waals surface area contributed by atoms with E-state index in [-0.39, 0.29) is 13.2 Å². The second-order valence-corrected chi connectivity index (χ2v) is 9.38. The van der Waals surface area contributed by atoms with Crippen LogP contribution in [0.15, 0.2) is 30.3 Å². The summed E-state index contributed by atoms with van der Waals surface area (Å²) in [4.78, 5) is 12.1. The molecule has 1 rings (SSSR count). The van der Waals surface area contributed by atoms with Crippen molar-refractivity contribution in [1.29, 1.82) is 0 Å². The van der Waals surface area contributed by atoms with Gasteiger partial charge in [0.05, 0.1) is 13.2 Å². The summed E-state index contributed by atoms with van der Waals surface area (Å²) in [7, 11) is -3.72. The highest BCUT2D eigenvalue weighted by Gasteiger charge is 2.42. The van der Waals surface area contributed by atoms with Crippen molar-refractivity contribution in [3.05, 3.63) is 35.9 Å². The van der Waals surface area contributed by atoms with Gasteiger partial charge in [0, 0.05) is 0 Å². The van der Waals surface area contributed by atoms with Crippen molar-refractivity contribution in [3.8, 4) is 0 Å². The van der Waals surface area contributed by atoms with Gasteiger partial charge in [-0.2, -0.15) is 0 Å². The van der Waals surface area contributed by atoms with Crippen LogP contribution in [-0.2, 0) is 18.4 Å². The van der Waals surface area contributed by atoms with Gasteiger partial charge in [0.2, 0.25) is 0 Å². The van der Waals surface area contributed by atoms with Crippen molar-refractivity contribution in [3.63, 3.8) is 0 Å². The normalized spacial score (nSPS) is 13.5. The summed E-state index contributed by atoms with van der Waals surface area (Å²) in [6, 6.07) is 8.67. The largest absolute Gasteiger partial charge is 0.357 e. The Morgan fingerprint density at radius 3 is 2.04 bits per heavy atom. The highest BCUT2D eigenvalue weighted by Crippen LogP contribution is 2.60. The third-order valence-corrected chi connectivity index (χ3v) is 5.57. The van der Waals surface area contributed by atoms with Crippen LogP contribution in [0.5, 0.6) is 0 Å². The number of halogens is 3. The van der Waals surface area contributed by atoms with Crippen LogP contribution in [0, 0.1) is 0 Å². The number of nitrogens with one attached hydrogen (secondary N) is 1. The first-order chi connectivity index (χ1) is 11.2. The molecule has 0 heterocycles. The molecule has 0 aliphatic rings. The van der Waals surface area contributed by atoms with Gasteiger partial charge < -0.3 is 14.4 Å². The molecule has 1 aromatic rings. The third-order valence-electron chi connectivity index (χ3n) is 2.91. The highest BCUT2D eigenvalue weighted by atomic mass is 35.6. The Labute approximate surface area is 157 Å². The summed E-state index contributed by atoms with van der Waals surface area (Å²) < 4.78 is 22.1. The van der Waals surface area contributed by atoms with Crippen LogP contribution in [0.1, 0.15) is 38.0 Å². The van der Waals surface area contributed by atoms with Crippen molar-refractivity contribution in [1.82, 2.24) is 5.32 Å². The van der Waals surface area contributed by atoms with Crippen LogP contribution < -0.4 is 5.32 Å². The fraction of sp³-hybridized carbons (Fsp3) is 0.533. The quantitative estimate of drug-likeness (QED) is 0.443. The molecular formula is C15H21Cl3NO4P. The van der Waals surface area contributed by atoms with E-state index in [1.165, 1.54) is 0 Å². The summed E-state index contributed by atoms with van der Waals surface area (Å²) in [5.74, 6) is -1.97. The maximum atomic E-state index is 13.3. The smallest absolute Gasteiger partial charge is 0.335 e. The number of benzene rings is 1. The molecule has 0 saturated heterocycles. The molecule has 1 N–H and O–H groups in total. The summed E-state index contributed by atoms with van der Waals surface area (Å²) in [5, 5.41) is 2.48. The number of alkyl halides is 3. The second-order valence-electron chi connectivity index (χ2n) is 4.99. The standard InChI is InChI=1S/C15H21Cl3NO4P/c1-3-10-22-24(21,23-11-4-2)13(12-8-6-5-7-9-12)19-14(20)15(16,17)18/h5-9,13H,3-4,10-11H2,1-2H3,(H,19,20)/t13-/m1/s1. The monoisotopic (exact) mass is 415 g/mol. The summed E-state index contributed by atoms with van der Waals surface area (Å²) >= 11 is 16.9. The van der Waals surface area contributed by atoms with Gasteiger partial charge in [0.25, 0.3) is 9.70 Å². The molecule has 24 heavy (non-hydrogen) atoms. The van der Waals surface area contributed by atoms with Crippen LogP contribution in [0.4, 0.5) is 0 Å². The lowest BCUT2D eigenvalue weighted by molar-refractivity contribution is -0.120. The zero-order chi connectivity index (χ0) is 18.2. The SMILES string of the molecule is CCCOP(=O)(OCCC)[C@@H](NC(=O)C(Cl)(Cl)Cl)c1ccccc1. The van der Waals surface area contributed by atoms with E-state index in [0.29, 0.717) is 18.4 Å². The molecule has 0 spiro atoms. The van der Waals surface area contributed by atoms with Gasteiger partial charge in [-0.05, 0) is 18.4 Å². The van der Waals surface area contributed by atoms with Gasteiger partial charge in [0.15, 0.2) is 5.78 Å². The Kier molecular flexibility index (Phi) is 9.07. The number of rotatable bonds is 9. The van der Waals surface area contributed by atoms with E-state index in [1.807, 2.05) is 13.8 Å². The second kappa shape index (κ2) is 10.0. The summed E-state index contributed by atoms with van der Waals surface area (Å²) in [6.07, 6.45) is 1.28. The maximum absolute atomic E-state index is 13.3. The number of carbonyl (C=O) groups is 1. The molecule has 0 bridgehead atoms. The molecule has 0 aliphatic heterocycles. The summed E-state index contributed by atoms with van der Waals surface area (Å²) in [6.45, 7) is 4.19. The first-order valence-corrected chi connectivity index (χ1v) is 10.3. The van der Waals surface area contributed by atoms with Crippen molar-refractivity contribution in [2.24, 2.45) is 0 Å². The zero-order valence-electron chi connectivity index (χ0n) is 13.5. The molecule has 0 radical (unpaired) electrons. The van der Waals surface area contributed by atoms with Crippen molar-refractivity contribution >= 4 is 48.3 Å². The van der Waals surface area contributed by atoms with Gasteiger partial charge >= 0.3 is 7.60 Å². The van der Waals surface area contributed by atoms with E-state index in [4.69, 9.17) is 43.9 Å². The molecule has 0 fully saturated rings. The lowest BCUT2D eigenvalue weighted by atomic mass is 10.2. The molecule has 0 aliphatic carbocycles. The molecule has 0 saturated carbocycles. The molecule has 0 unspecified atom stereocenters. The predicted molar refractivity (Wildman–Crippen MR) is 97.7 cm³/mol. The molecule has 136 valence electrons. The predicted octanol–water partition coefficient (Wildman–Crippen LogP) is 5.22. The fourth-order valence-electron chi connectivity index (χ4n) is 1.81. The first-order valence-electron chi connectivity index (χ1n) is 7.56. The van der Waals surface area contributed by atoms with Gasteiger partial charge in [-0.3, -0.25) is 9.36 Å². The van der Waals surface area contributed by atoms with Gasteiger partial charge in [0.1, 0.15) is 0 Å². The number of hydrogen-bond acceptors (Lipinski definition) is 4. The van der Waals surface area contributed by atoms with Gasteiger partial charge in [-0.1, -0.05) is 79.0 Å². The topological polar surface area (TPSA) is 64.6 Å². The van der Waals surface area contributed by atoms with E-state index in [1.54, 1.807) is 30.3 Å². The van der Waals surface area contributed by atoms with E-state index < -0.39 is 23.1 Å². The average Bonchev–Trinajstić information content (AvgIpc) is 2.55. The average molecular weight is 417 g/mol. The van der Waals surface area contributed by atoms with Crippen LogP contribution in [-0.4, -0.2) is 22.9 Å². The lowest BCUT2D eigenvalue weighted by Gasteiger charge is -2.29. The molecule has 1 amide bonds. The first kappa shape index (κ1) is 21.8. The van der Waals surface area contributed by atoms with E-state index >= 15 is 0 Å². The maximum Gasteiger partial charge on any atom is 0.357 e. The fourth-order valence-corrected chi connectivity index (χ4v) is 4.03. The number of hydrogen-bond donors (Lipinski definition) is 1. The van der Waals surface area contributed by atoms with Gasteiger partial charge in [-0.25, -0.2) is 0 Å². The number of carbonyl (C=O) groups excluding carboxylic acids is 1. The molecule has 1 aromatic carbocycles. The third kappa shape index (κ3) is 6.55. The Morgan fingerprint density at radius 1 is 1.12 bits per heavy atom. The van der Waals surface area contributed by atoms with Crippen LogP contribution >= 0.6 is 42.4 Å². The van der Waals surface area contributed by atoms with Crippen LogP contribution in [0.25, 0.3) is 0 Å². The Hall–Kier alpha value is -0.290. The Bertz CT molecular complexity index is 554. The zero-order valence-corrected chi connectivity index (χ0v) is 16.7. The van der Waals surface area contributed by atoms with E-state index in [0.717, 1.165) is 0 Å². The molecule has 1 atom stereocenters. The van der Waals surface area contributed by atoms with Crippen molar-refractivity contribution < 1.29 is 18.4 Å². The minimum Gasteiger partial charge on any atom is -0.335 e. The minimum atomic E-state index is -3.72. The summed E-state index contributed by atoms with van der Waals surface area (Å²) in [5.41, 5.74) is 0.538. The molecule has 9 heteroatoms. The Balaban J connectivity index is 3.21. The lowest BCUT2D eigenvalue weighted by Crippen LogP contribution is -2.37. The van der Waals surface area contributed by atoms with Crippen molar-refractivity contribution in [2.45, 2.75) is 36.3 Å². The van der Waals surface area contributed by atoms with E-state index in [2.05, 4.69) is 5.32 Å². The van der Waals surface area contributed by atoms with Gasteiger partial charge in [-0.15, -0.1) is 0 Å². The Morgan fingerprint density at radius 2 is 1.62 bits per heavy atom. The molecular weight excluding hydrogens is 396 g/mol. The van der Waals surface area contributed by atoms with Crippen LogP contribution in [0.2, 0.25) is 0 Å². The minimum absolute atomic E-state index is 0.216. The number of amides is 1. The van der Waals surface area contributed by atoms with Crippen LogP contribution in [0.3, 0.4) is 0 Å². The van der Waals surface area contributed by atoms with E-state index in [9.17, 15) is 9.36 Å². The molecule has 5 nitrogen and oxygen atoms in total. The highest BCUT2D eigenvalue weighted by molar-refractivity contribution is 7.54. The molecule has 0 aromatic heterocycles. The van der Waals surface area contributed by atoms with Crippen molar-refractivity contribution in [2.75, 3.05) is 13.2 Å².